The Morgan fingerprint density at radius 2 is 1.42 bits per heavy atom. The summed E-state index contributed by atoms with van der Waals surface area (Å²) in [5.41, 5.74) is 1.40. The highest BCUT2D eigenvalue weighted by Gasteiger charge is 2.45. The Balaban J connectivity index is 1.62. The van der Waals surface area contributed by atoms with E-state index < -0.39 is 12.7 Å². The standard InChI is InChI=1S/C32H44BNO4/c1-6-8-10-12-14-17-24(18-15-13-11-9-7-2)34-30(35)26-20-16-19-25-28(22-21-27(29(25)26)31(34)36)33-37-23(3)32(4,5)38-33/h16,19-22,24H,3,6-15,17-18H2,1-2,4-5H3. The van der Waals surface area contributed by atoms with E-state index >= 15 is 0 Å². The quantitative estimate of drug-likeness (QED) is 0.147. The molecule has 4 rings (SSSR count). The lowest BCUT2D eigenvalue weighted by Gasteiger charge is -2.34. The van der Waals surface area contributed by atoms with E-state index in [9.17, 15) is 9.59 Å². The van der Waals surface area contributed by atoms with Gasteiger partial charge in [-0.25, -0.2) is 0 Å². The molecule has 0 bridgehead atoms. The Morgan fingerprint density at radius 1 is 0.842 bits per heavy atom. The van der Waals surface area contributed by atoms with Gasteiger partial charge in [0.2, 0.25) is 0 Å². The van der Waals surface area contributed by atoms with Crippen molar-refractivity contribution >= 4 is 35.2 Å². The van der Waals surface area contributed by atoms with Crippen molar-refractivity contribution < 1.29 is 18.9 Å². The predicted molar refractivity (Wildman–Crippen MR) is 156 cm³/mol. The minimum atomic E-state index is -0.621. The van der Waals surface area contributed by atoms with Crippen LogP contribution in [0.5, 0.6) is 0 Å². The molecule has 204 valence electrons. The van der Waals surface area contributed by atoms with Crippen LogP contribution in [-0.2, 0) is 9.31 Å². The van der Waals surface area contributed by atoms with Gasteiger partial charge in [-0.1, -0.05) is 103 Å². The smallest absolute Gasteiger partial charge is 0.534 e. The lowest BCUT2D eigenvalue weighted by atomic mass is 9.74. The number of imide groups is 1. The number of benzene rings is 2. The molecule has 0 atom stereocenters. The molecule has 1 saturated heterocycles. The van der Waals surface area contributed by atoms with Gasteiger partial charge in [0.15, 0.2) is 0 Å². The van der Waals surface area contributed by atoms with Gasteiger partial charge in [0.1, 0.15) is 5.60 Å². The maximum absolute atomic E-state index is 13.9. The predicted octanol–water partition coefficient (Wildman–Crippen LogP) is 7.56. The molecule has 0 radical (unpaired) electrons. The maximum atomic E-state index is 13.9. The largest absolute Gasteiger partial charge is 0.563 e. The van der Waals surface area contributed by atoms with Crippen LogP contribution in [-0.4, -0.2) is 35.5 Å². The van der Waals surface area contributed by atoms with Crippen molar-refractivity contribution in [2.45, 2.75) is 116 Å². The summed E-state index contributed by atoms with van der Waals surface area (Å²) in [6, 6.07) is 9.41. The van der Waals surface area contributed by atoms with Crippen molar-refractivity contribution in [1.29, 1.82) is 0 Å². The van der Waals surface area contributed by atoms with E-state index in [2.05, 4.69) is 20.4 Å². The summed E-state index contributed by atoms with van der Waals surface area (Å²) < 4.78 is 12.1. The van der Waals surface area contributed by atoms with Crippen LogP contribution in [0.4, 0.5) is 0 Å². The second-order valence-electron chi connectivity index (χ2n) is 11.5. The molecule has 38 heavy (non-hydrogen) atoms. The van der Waals surface area contributed by atoms with Gasteiger partial charge in [0.25, 0.3) is 11.8 Å². The van der Waals surface area contributed by atoms with Crippen molar-refractivity contribution in [2.24, 2.45) is 0 Å². The molecule has 6 heteroatoms. The molecular weight excluding hydrogens is 473 g/mol. The van der Waals surface area contributed by atoms with Crippen molar-refractivity contribution in [3.63, 3.8) is 0 Å². The molecule has 0 aliphatic carbocycles. The molecule has 0 aromatic heterocycles. The normalized spacial score (nSPS) is 16.7. The number of hydrogen-bond acceptors (Lipinski definition) is 4. The van der Waals surface area contributed by atoms with Crippen molar-refractivity contribution in [3.05, 3.63) is 53.8 Å². The molecule has 0 spiro atoms. The monoisotopic (exact) mass is 517 g/mol. The fourth-order valence-electron chi connectivity index (χ4n) is 5.80. The van der Waals surface area contributed by atoms with Gasteiger partial charge in [0.05, 0.1) is 5.76 Å². The van der Waals surface area contributed by atoms with E-state index in [4.69, 9.17) is 9.31 Å². The Hall–Kier alpha value is -2.60. The summed E-state index contributed by atoms with van der Waals surface area (Å²) in [6.07, 6.45) is 13.4. The molecule has 2 heterocycles. The number of unbranched alkanes of at least 4 members (excludes halogenated alkanes) is 8. The Labute approximate surface area is 229 Å². The number of nitrogens with zero attached hydrogens (tertiary/aromatic N) is 1. The zero-order chi connectivity index (χ0) is 27.3. The Bertz CT molecular complexity index is 1140. The fourth-order valence-corrected chi connectivity index (χ4v) is 5.80. The summed E-state index contributed by atoms with van der Waals surface area (Å²) in [6.45, 7) is 12.3. The molecule has 0 N–H and O–H groups in total. The van der Waals surface area contributed by atoms with Crippen molar-refractivity contribution in [2.75, 3.05) is 0 Å². The van der Waals surface area contributed by atoms with Crippen LogP contribution in [0.2, 0.25) is 0 Å². The van der Waals surface area contributed by atoms with E-state index in [0.29, 0.717) is 22.3 Å². The van der Waals surface area contributed by atoms with Crippen LogP contribution >= 0.6 is 0 Å². The van der Waals surface area contributed by atoms with Crippen LogP contribution in [0.1, 0.15) is 125 Å². The minimum absolute atomic E-state index is 0.0630. The first-order chi connectivity index (χ1) is 18.3. The van der Waals surface area contributed by atoms with E-state index in [-0.39, 0.29) is 17.9 Å². The van der Waals surface area contributed by atoms with Gasteiger partial charge >= 0.3 is 7.12 Å². The van der Waals surface area contributed by atoms with Crippen molar-refractivity contribution in [3.8, 4) is 0 Å². The Kier molecular flexibility index (Phi) is 9.35. The molecule has 2 aliphatic heterocycles. The minimum Gasteiger partial charge on any atom is -0.534 e. The number of carbonyl (C=O) groups is 2. The molecule has 2 amide bonds. The van der Waals surface area contributed by atoms with Gasteiger partial charge in [0, 0.05) is 28.0 Å². The average Bonchev–Trinajstić information content (AvgIpc) is 3.17. The molecule has 0 unspecified atom stereocenters. The fraction of sp³-hybridized carbons (Fsp3) is 0.562. The molecule has 0 saturated carbocycles. The van der Waals surface area contributed by atoms with Crippen LogP contribution in [0.3, 0.4) is 0 Å². The number of amides is 2. The lowest BCUT2D eigenvalue weighted by molar-refractivity contribution is 0.0517. The second-order valence-corrected chi connectivity index (χ2v) is 11.5. The topological polar surface area (TPSA) is 55.8 Å². The molecule has 5 nitrogen and oxygen atoms in total. The molecule has 2 aliphatic rings. The van der Waals surface area contributed by atoms with Gasteiger partial charge in [-0.05, 0) is 44.2 Å². The average molecular weight is 518 g/mol. The summed E-state index contributed by atoms with van der Waals surface area (Å²) in [7, 11) is -0.621. The highest BCUT2D eigenvalue weighted by Crippen LogP contribution is 2.35. The van der Waals surface area contributed by atoms with E-state index in [1.807, 2.05) is 44.2 Å². The molecule has 2 aromatic carbocycles. The zero-order valence-corrected chi connectivity index (χ0v) is 23.8. The van der Waals surface area contributed by atoms with Gasteiger partial charge < -0.3 is 9.31 Å². The van der Waals surface area contributed by atoms with Crippen LogP contribution in [0.15, 0.2) is 42.7 Å². The van der Waals surface area contributed by atoms with Gasteiger partial charge in [-0.3, -0.25) is 14.5 Å². The third-order valence-corrected chi connectivity index (χ3v) is 8.20. The molecular formula is C32H44BNO4. The third-order valence-electron chi connectivity index (χ3n) is 8.20. The van der Waals surface area contributed by atoms with Crippen LogP contribution in [0, 0.1) is 0 Å². The summed E-state index contributed by atoms with van der Waals surface area (Å²) in [5.74, 6) is 0.229. The SMILES string of the molecule is C=C1OB(c2ccc3c4c(cccc24)C(=O)N(C(CCCCCCC)CCCCCCC)C3=O)OC1(C)C. The van der Waals surface area contributed by atoms with E-state index in [0.717, 1.165) is 49.4 Å². The maximum Gasteiger partial charge on any atom is 0.563 e. The molecule has 1 fully saturated rings. The summed E-state index contributed by atoms with van der Waals surface area (Å²) >= 11 is 0. The first kappa shape index (κ1) is 28.4. The van der Waals surface area contributed by atoms with Crippen LogP contribution < -0.4 is 5.46 Å². The third kappa shape index (κ3) is 5.85. The zero-order valence-electron chi connectivity index (χ0n) is 23.8. The van der Waals surface area contributed by atoms with Gasteiger partial charge in [-0.15, -0.1) is 0 Å². The van der Waals surface area contributed by atoms with Crippen molar-refractivity contribution in [1.82, 2.24) is 4.90 Å². The highest BCUT2D eigenvalue weighted by atomic mass is 16.7. The molecule has 2 aromatic rings. The summed E-state index contributed by atoms with van der Waals surface area (Å²) in [5, 5.41) is 1.54. The Morgan fingerprint density at radius 3 is 1.97 bits per heavy atom. The number of hydrogen-bond donors (Lipinski definition) is 0. The van der Waals surface area contributed by atoms with E-state index in [1.54, 1.807) is 4.90 Å². The van der Waals surface area contributed by atoms with Gasteiger partial charge in [-0.2, -0.15) is 0 Å². The number of rotatable bonds is 14. The first-order valence-corrected chi connectivity index (χ1v) is 14.8. The summed E-state index contributed by atoms with van der Waals surface area (Å²) in [4.78, 5) is 29.5. The number of carbonyl (C=O) groups excluding carboxylic acids is 2. The highest BCUT2D eigenvalue weighted by molar-refractivity contribution is 6.65. The van der Waals surface area contributed by atoms with Crippen LogP contribution in [0.25, 0.3) is 10.8 Å². The first-order valence-electron chi connectivity index (χ1n) is 14.8. The van der Waals surface area contributed by atoms with E-state index in [1.165, 1.54) is 38.5 Å². The lowest BCUT2D eigenvalue weighted by Crippen LogP contribution is -2.47. The second kappa shape index (κ2) is 12.5.